The third kappa shape index (κ3) is 19.2. The first-order chi connectivity index (χ1) is 28.5. The van der Waals surface area contributed by atoms with Gasteiger partial charge in [-0.05, 0) is 42.7 Å². The summed E-state index contributed by atoms with van der Waals surface area (Å²) in [5.74, 6) is -1.48. The summed E-state index contributed by atoms with van der Waals surface area (Å²) in [4.78, 5) is 13.6. The number of benzene rings is 3. The lowest BCUT2D eigenvalue weighted by Crippen LogP contribution is -2.11. The Kier molecular flexibility index (Phi) is 26.8. The molecular formula is C53H84O5. The van der Waals surface area contributed by atoms with Crippen LogP contribution in [0.5, 0.6) is 23.0 Å². The highest BCUT2D eigenvalue weighted by atomic mass is 16.5. The molecule has 0 bridgehead atoms. The molecule has 0 aliphatic carbocycles. The number of aromatic hydroxyl groups is 3. The summed E-state index contributed by atoms with van der Waals surface area (Å²) in [6, 6.07) is 12.6. The van der Waals surface area contributed by atoms with Crippen LogP contribution >= 0.6 is 0 Å². The number of para-hydroxylation sites is 1. The smallest absolute Gasteiger partial charge is 0.348 e. The van der Waals surface area contributed by atoms with Gasteiger partial charge in [-0.1, -0.05) is 243 Å². The summed E-state index contributed by atoms with van der Waals surface area (Å²) in [6.07, 6.45) is 43.1. The molecule has 3 N–H and O–H groups in total. The van der Waals surface area contributed by atoms with E-state index in [1.54, 1.807) is 18.2 Å². The standard InChI is InChI=1S/C53H84O5/c1-3-5-7-9-11-13-15-17-19-20-21-22-23-25-27-29-31-33-38-44-39-37-43-48(50(44)54)58-53(57)49-46-41-36-35-40-45(46)47(51(55)52(49)56)42-34-32-30-28-26-24-18-16-14-12-10-8-6-4-2/h35-37,39-41,43,54-56H,3-34,38,42H2,1-2H3. The van der Waals surface area contributed by atoms with Gasteiger partial charge in [0.25, 0.3) is 0 Å². The Morgan fingerprint density at radius 1 is 0.414 bits per heavy atom. The molecule has 0 aromatic heterocycles. The van der Waals surface area contributed by atoms with Crippen LogP contribution in [0.15, 0.2) is 42.5 Å². The van der Waals surface area contributed by atoms with Crippen molar-refractivity contribution in [2.45, 2.75) is 232 Å². The van der Waals surface area contributed by atoms with E-state index < -0.39 is 11.7 Å². The molecule has 0 amide bonds. The van der Waals surface area contributed by atoms with Crippen LogP contribution in [0.25, 0.3) is 10.8 Å². The number of carbonyl (C=O) groups excluding carboxylic acids is 1. The Bertz CT molecular complexity index is 1510. The van der Waals surface area contributed by atoms with Crippen molar-refractivity contribution in [3.63, 3.8) is 0 Å². The number of fused-ring (bicyclic) bond motifs is 1. The van der Waals surface area contributed by atoms with E-state index in [1.165, 1.54) is 173 Å². The average molecular weight is 801 g/mol. The van der Waals surface area contributed by atoms with Crippen LogP contribution < -0.4 is 4.74 Å². The molecule has 0 saturated carbocycles. The van der Waals surface area contributed by atoms with E-state index in [4.69, 9.17) is 4.74 Å². The van der Waals surface area contributed by atoms with Crippen molar-refractivity contribution in [2.75, 3.05) is 0 Å². The van der Waals surface area contributed by atoms with Crippen molar-refractivity contribution in [3.05, 3.63) is 59.2 Å². The molecular weight excluding hydrogens is 717 g/mol. The zero-order valence-corrected chi connectivity index (χ0v) is 37.2. The maximum absolute atomic E-state index is 13.6. The number of rotatable bonds is 36. The van der Waals surface area contributed by atoms with Crippen LogP contribution in [0.2, 0.25) is 0 Å². The summed E-state index contributed by atoms with van der Waals surface area (Å²) in [6.45, 7) is 4.55. The van der Waals surface area contributed by atoms with Crippen molar-refractivity contribution in [2.24, 2.45) is 0 Å². The maximum Gasteiger partial charge on any atom is 0.348 e. The number of hydrogen-bond acceptors (Lipinski definition) is 5. The summed E-state index contributed by atoms with van der Waals surface area (Å²) < 4.78 is 5.72. The predicted molar refractivity (Wildman–Crippen MR) is 247 cm³/mol. The van der Waals surface area contributed by atoms with Crippen LogP contribution in [0.4, 0.5) is 0 Å². The normalized spacial score (nSPS) is 11.5. The van der Waals surface area contributed by atoms with Crippen molar-refractivity contribution in [3.8, 4) is 23.0 Å². The van der Waals surface area contributed by atoms with Gasteiger partial charge >= 0.3 is 5.97 Å². The first-order valence-electron chi connectivity index (χ1n) is 24.5. The van der Waals surface area contributed by atoms with Gasteiger partial charge in [-0.3, -0.25) is 0 Å². The lowest BCUT2D eigenvalue weighted by atomic mass is 9.93. The molecule has 5 nitrogen and oxygen atoms in total. The highest BCUT2D eigenvalue weighted by Gasteiger charge is 2.25. The minimum absolute atomic E-state index is 0.0368. The van der Waals surface area contributed by atoms with Gasteiger partial charge in [0.1, 0.15) is 5.56 Å². The van der Waals surface area contributed by atoms with E-state index in [-0.39, 0.29) is 22.8 Å². The van der Waals surface area contributed by atoms with Crippen LogP contribution in [0.3, 0.4) is 0 Å². The fourth-order valence-electron chi connectivity index (χ4n) is 8.66. The van der Waals surface area contributed by atoms with E-state index >= 15 is 0 Å². The van der Waals surface area contributed by atoms with Crippen molar-refractivity contribution in [1.29, 1.82) is 0 Å². The number of aryl methyl sites for hydroxylation is 2. The van der Waals surface area contributed by atoms with Gasteiger partial charge in [0.2, 0.25) is 0 Å². The third-order valence-electron chi connectivity index (χ3n) is 12.3. The molecule has 0 fully saturated rings. The lowest BCUT2D eigenvalue weighted by Gasteiger charge is -2.16. The molecule has 0 aliphatic heterocycles. The Morgan fingerprint density at radius 2 is 0.793 bits per heavy atom. The Hall–Kier alpha value is -3.21. The fraction of sp³-hybridized carbons (Fsp3) is 0.679. The zero-order chi connectivity index (χ0) is 41.5. The first kappa shape index (κ1) is 49.2. The molecule has 58 heavy (non-hydrogen) atoms. The molecule has 0 radical (unpaired) electrons. The van der Waals surface area contributed by atoms with E-state index in [2.05, 4.69) is 13.8 Å². The quantitative estimate of drug-likeness (QED) is 0.0236. The van der Waals surface area contributed by atoms with Crippen LogP contribution in [-0.4, -0.2) is 21.3 Å². The van der Waals surface area contributed by atoms with Gasteiger partial charge in [-0.15, -0.1) is 0 Å². The van der Waals surface area contributed by atoms with Gasteiger partial charge in [0.05, 0.1) is 0 Å². The highest BCUT2D eigenvalue weighted by molar-refractivity contribution is 6.10. The monoisotopic (exact) mass is 801 g/mol. The second-order valence-electron chi connectivity index (χ2n) is 17.4. The second kappa shape index (κ2) is 31.7. The van der Waals surface area contributed by atoms with Crippen molar-refractivity contribution < 1.29 is 24.9 Å². The lowest BCUT2D eigenvalue weighted by molar-refractivity contribution is 0.0727. The molecule has 0 aliphatic rings. The van der Waals surface area contributed by atoms with Gasteiger partial charge < -0.3 is 20.1 Å². The molecule has 3 aromatic rings. The van der Waals surface area contributed by atoms with E-state index in [1.807, 2.05) is 24.3 Å². The number of unbranched alkanes of at least 4 members (excludes halogenated alkanes) is 30. The molecule has 326 valence electrons. The Balaban J connectivity index is 1.35. The van der Waals surface area contributed by atoms with Crippen LogP contribution in [0.1, 0.15) is 241 Å². The number of phenolic OH excluding ortho intramolecular Hbond substituents is 3. The van der Waals surface area contributed by atoms with Crippen molar-refractivity contribution >= 4 is 16.7 Å². The molecule has 3 aromatic carbocycles. The van der Waals surface area contributed by atoms with Gasteiger partial charge in [-0.2, -0.15) is 0 Å². The second-order valence-corrected chi connectivity index (χ2v) is 17.4. The molecule has 0 saturated heterocycles. The Morgan fingerprint density at radius 3 is 1.22 bits per heavy atom. The van der Waals surface area contributed by atoms with E-state index in [0.29, 0.717) is 23.8 Å². The van der Waals surface area contributed by atoms with Crippen molar-refractivity contribution in [1.82, 2.24) is 0 Å². The SMILES string of the molecule is CCCCCCCCCCCCCCCCCCCCc1cccc(OC(=O)c2c(O)c(O)c(CCCCCCCCCCCCCCCC)c3ccccc23)c1O. The van der Waals surface area contributed by atoms with E-state index in [0.717, 1.165) is 43.1 Å². The maximum atomic E-state index is 13.6. The number of ether oxygens (including phenoxy) is 1. The summed E-state index contributed by atoms with van der Waals surface area (Å²) in [7, 11) is 0. The van der Waals surface area contributed by atoms with Crippen LogP contribution in [0, 0.1) is 0 Å². The molecule has 3 rings (SSSR count). The predicted octanol–water partition coefficient (Wildman–Crippen LogP) is 16.8. The number of esters is 1. The Labute approximate surface area is 354 Å². The first-order valence-corrected chi connectivity index (χ1v) is 24.5. The van der Waals surface area contributed by atoms with Gasteiger partial charge in [0, 0.05) is 10.9 Å². The number of hydrogen-bond donors (Lipinski definition) is 3. The fourth-order valence-corrected chi connectivity index (χ4v) is 8.66. The molecule has 0 unspecified atom stereocenters. The van der Waals surface area contributed by atoms with Gasteiger partial charge in [0.15, 0.2) is 23.0 Å². The summed E-state index contributed by atoms with van der Waals surface area (Å²) in [5.41, 5.74) is 1.34. The number of carbonyl (C=O) groups is 1. The van der Waals surface area contributed by atoms with Crippen LogP contribution in [-0.2, 0) is 12.8 Å². The number of phenols is 3. The van der Waals surface area contributed by atoms with Gasteiger partial charge in [-0.25, -0.2) is 4.79 Å². The highest BCUT2D eigenvalue weighted by Crippen LogP contribution is 2.42. The minimum Gasteiger partial charge on any atom is -0.504 e. The minimum atomic E-state index is -0.798. The summed E-state index contributed by atoms with van der Waals surface area (Å²) in [5, 5.41) is 34.7. The average Bonchev–Trinajstić information content (AvgIpc) is 3.23. The molecule has 0 atom stereocenters. The third-order valence-corrected chi connectivity index (χ3v) is 12.3. The molecule has 5 heteroatoms. The molecule has 0 heterocycles. The largest absolute Gasteiger partial charge is 0.504 e. The topological polar surface area (TPSA) is 87.0 Å². The summed E-state index contributed by atoms with van der Waals surface area (Å²) >= 11 is 0. The van der Waals surface area contributed by atoms with E-state index in [9.17, 15) is 20.1 Å². The zero-order valence-electron chi connectivity index (χ0n) is 37.2. The molecule has 0 spiro atoms.